The van der Waals surface area contributed by atoms with Gasteiger partial charge in [0.2, 0.25) is 5.89 Å². The van der Waals surface area contributed by atoms with Gasteiger partial charge in [0.25, 0.3) is 0 Å². The maximum Gasteiger partial charge on any atom is 0.319 e. The number of esters is 1. The summed E-state index contributed by atoms with van der Waals surface area (Å²) >= 11 is 0. The van der Waals surface area contributed by atoms with E-state index in [0.29, 0.717) is 29.6 Å². The first kappa shape index (κ1) is 20.2. The van der Waals surface area contributed by atoms with E-state index >= 15 is 0 Å². The van der Waals surface area contributed by atoms with Crippen molar-refractivity contribution in [1.29, 1.82) is 0 Å². The number of aromatic nitrogens is 1. The molecule has 3 aromatic rings. The van der Waals surface area contributed by atoms with Crippen molar-refractivity contribution < 1.29 is 18.7 Å². The molecule has 0 atom stereocenters. The normalized spacial score (nSPS) is 10.1. The van der Waals surface area contributed by atoms with Crippen molar-refractivity contribution in [2.45, 2.75) is 13.5 Å². The SMILES string of the molecule is COC(=O)CNCc1cccc(OCC#Cc2nc(-c3ccccc3)oc2C)c1. The largest absolute Gasteiger partial charge is 0.481 e. The quantitative estimate of drug-likeness (QED) is 0.493. The van der Waals surface area contributed by atoms with Crippen molar-refractivity contribution in [3.05, 3.63) is 71.6 Å². The summed E-state index contributed by atoms with van der Waals surface area (Å²) in [5.41, 5.74) is 2.52. The summed E-state index contributed by atoms with van der Waals surface area (Å²) in [5.74, 6) is 7.61. The summed E-state index contributed by atoms with van der Waals surface area (Å²) in [5, 5.41) is 3.01. The molecule has 0 unspecified atom stereocenters. The fourth-order valence-corrected chi connectivity index (χ4v) is 2.58. The van der Waals surface area contributed by atoms with Crippen LogP contribution in [-0.4, -0.2) is 31.2 Å². The van der Waals surface area contributed by atoms with E-state index in [4.69, 9.17) is 9.15 Å². The monoisotopic (exact) mass is 390 g/mol. The molecule has 3 rings (SSSR count). The van der Waals surface area contributed by atoms with Crippen molar-refractivity contribution >= 4 is 5.97 Å². The Morgan fingerprint density at radius 2 is 2.00 bits per heavy atom. The fraction of sp³-hybridized carbons (Fsp3) is 0.217. The van der Waals surface area contributed by atoms with Crippen LogP contribution in [0.4, 0.5) is 0 Å². The molecule has 0 radical (unpaired) electrons. The van der Waals surface area contributed by atoms with Crippen LogP contribution in [0, 0.1) is 18.8 Å². The van der Waals surface area contributed by atoms with Crippen molar-refractivity contribution in [2.75, 3.05) is 20.3 Å². The Morgan fingerprint density at radius 1 is 1.17 bits per heavy atom. The Hall–Kier alpha value is -3.56. The number of oxazole rings is 1. The van der Waals surface area contributed by atoms with E-state index in [2.05, 4.69) is 26.9 Å². The maximum absolute atomic E-state index is 11.1. The first-order valence-corrected chi connectivity index (χ1v) is 9.16. The van der Waals surface area contributed by atoms with Gasteiger partial charge in [-0.15, -0.1) is 0 Å². The number of methoxy groups -OCH3 is 1. The second kappa shape index (κ2) is 10.1. The molecule has 29 heavy (non-hydrogen) atoms. The van der Waals surface area contributed by atoms with Gasteiger partial charge in [-0.25, -0.2) is 4.98 Å². The highest BCUT2D eigenvalue weighted by Crippen LogP contribution is 2.20. The third kappa shape index (κ3) is 5.96. The van der Waals surface area contributed by atoms with Crippen LogP contribution in [-0.2, 0) is 16.1 Å². The lowest BCUT2D eigenvalue weighted by atomic mass is 10.2. The molecule has 0 spiro atoms. The summed E-state index contributed by atoms with van der Waals surface area (Å²) in [6, 6.07) is 17.3. The van der Waals surface area contributed by atoms with Crippen LogP contribution in [0.1, 0.15) is 17.0 Å². The Kier molecular flexibility index (Phi) is 7.04. The third-order valence-corrected chi connectivity index (χ3v) is 4.06. The third-order valence-electron chi connectivity index (χ3n) is 4.06. The van der Waals surface area contributed by atoms with Crippen LogP contribution in [0.15, 0.2) is 59.0 Å². The Labute approximate surface area is 169 Å². The fourth-order valence-electron chi connectivity index (χ4n) is 2.58. The minimum absolute atomic E-state index is 0.162. The van der Waals surface area contributed by atoms with Gasteiger partial charge in [-0.05, 0) is 42.7 Å². The Morgan fingerprint density at radius 3 is 2.79 bits per heavy atom. The second-order valence-corrected chi connectivity index (χ2v) is 6.21. The van der Waals surface area contributed by atoms with E-state index in [1.165, 1.54) is 7.11 Å². The minimum Gasteiger partial charge on any atom is -0.481 e. The summed E-state index contributed by atoms with van der Waals surface area (Å²) in [6.07, 6.45) is 0. The van der Waals surface area contributed by atoms with E-state index in [1.54, 1.807) is 0 Å². The molecular weight excluding hydrogens is 368 g/mol. The molecule has 148 valence electrons. The number of rotatable bonds is 7. The summed E-state index contributed by atoms with van der Waals surface area (Å²) < 4.78 is 16.0. The average molecular weight is 390 g/mol. The highest BCUT2D eigenvalue weighted by atomic mass is 16.5. The number of nitrogens with zero attached hydrogens (tertiary/aromatic N) is 1. The van der Waals surface area contributed by atoms with Crippen molar-refractivity contribution in [1.82, 2.24) is 10.3 Å². The van der Waals surface area contributed by atoms with Gasteiger partial charge in [0.05, 0.1) is 13.7 Å². The van der Waals surface area contributed by atoms with Crippen LogP contribution >= 0.6 is 0 Å². The smallest absolute Gasteiger partial charge is 0.319 e. The van der Waals surface area contributed by atoms with E-state index in [1.807, 2.05) is 61.5 Å². The maximum atomic E-state index is 11.1. The van der Waals surface area contributed by atoms with Crippen LogP contribution in [0.2, 0.25) is 0 Å². The van der Waals surface area contributed by atoms with Crippen LogP contribution in [0.25, 0.3) is 11.5 Å². The molecule has 1 heterocycles. The highest BCUT2D eigenvalue weighted by Gasteiger charge is 2.09. The first-order chi connectivity index (χ1) is 14.2. The summed E-state index contributed by atoms with van der Waals surface area (Å²) in [7, 11) is 1.36. The topological polar surface area (TPSA) is 73.6 Å². The van der Waals surface area contributed by atoms with Gasteiger partial charge in [0, 0.05) is 12.1 Å². The number of ether oxygens (including phenoxy) is 2. The molecule has 0 saturated heterocycles. The molecule has 0 aliphatic carbocycles. The predicted octanol–water partition coefficient (Wildman–Crippen LogP) is 3.34. The first-order valence-electron chi connectivity index (χ1n) is 9.16. The zero-order valence-electron chi connectivity index (χ0n) is 16.4. The molecule has 2 aromatic carbocycles. The average Bonchev–Trinajstić information content (AvgIpc) is 3.12. The van der Waals surface area contributed by atoms with Crippen molar-refractivity contribution in [3.8, 4) is 29.0 Å². The molecule has 0 amide bonds. The van der Waals surface area contributed by atoms with Gasteiger partial charge in [-0.2, -0.15) is 0 Å². The number of nitrogens with one attached hydrogen (secondary N) is 1. The molecular formula is C23H22N2O4. The molecule has 0 aliphatic heterocycles. The van der Waals surface area contributed by atoms with Gasteiger partial charge in [0.15, 0.2) is 5.69 Å². The Bertz CT molecular complexity index is 1020. The van der Waals surface area contributed by atoms with E-state index in [0.717, 1.165) is 11.1 Å². The number of hydrogen-bond acceptors (Lipinski definition) is 6. The molecule has 1 aromatic heterocycles. The van der Waals surface area contributed by atoms with E-state index in [9.17, 15) is 4.79 Å². The Balaban J connectivity index is 1.55. The number of hydrogen-bond donors (Lipinski definition) is 1. The molecule has 0 saturated carbocycles. The van der Waals surface area contributed by atoms with Crippen LogP contribution in [0.3, 0.4) is 0 Å². The van der Waals surface area contributed by atoms with Crippen LogP contribution in [0.5, 0.6) is 5.75 Å². The molecule has 6 heteroatoms. The number of carbonyl (C=O) groups is 1. The standard InChI is InChI=1S/C23H22N2O4/c1-17-21(25-23(29-17)19-9-4-3-5-10-19)12-7-13-28-20-11-6-8-18(14-20)15-24-16-22(26)27-2/h3-6,8-11,14,24H,13,15-16H2,1-2H3. The van der Waals surface area contributed by atoms with Crippen molar-refractivity contribution in [2.24, 2.45) is 0 Å². The lowest BCUT2D eigenvalue weighted by Gasteiger charge is -2.06. The summed E-state index contributed by atoms with van der Waals surface area (Å²) in [4.78, 5) is 15.6. The van der Waals surface area contributed by atoms with Gasteiger partial charge in [-0.3, -0.25) is 4.79 Å². The second-order valence-electron chi connectivity index (χ2n) is 6.21. The number of aryl methyl sites for hydroxylation is 1. The molecule has 0 fully saturated rings. The van der Waals surface area contributed by atoms with E-state index < -0.39 is 0 Å². The number of carbonyl (C=O) groups excluding carboxylic acids is 1. The highest BCUT2D eigenvalue weighted by molar-refractivity contribution is 5.71. The van der Waals surface area contributed by atoms with Gasteiger partial charge in [-0.1, -0.05) is 36.3 Å². The zero-order chi connectivity index (χ0) is 20.5. The number of benzene rings is 2. The lowest BCUT2D eigenvalue weighted by Crippen LogP contribution is -2.23. The molecule has 0 bridgehead atoms. The van der Waals surface area contributed by atoms with Gasteiger partial charge in [0.1, 0.15) is 18.1 Å². The van der Waals surface area contributed by atoms with Gasteiger partial charge >= 0.3 is 5.97 Å². The summed E-state index contributed by atoms with van der Waals surface area (Å²) in [6.45, 7) is 2.77. The van der Waals surface area contributed by atoms with Crippen molar-refractivity contribution in [3.63, 3.8) is 0 Å². The predicted molar refractivity (Wildman–Crippen MR) is 109 cm³/mol. The van der Waals surface area contributed by atoms with Gasteiger partial charge < -0.3 is 19.2 Å². The molecule has 0 aliphatic rings. The van der Waals surface area contributed by atoms with E-state index in [-0.39, 0.29) is 19.1 Å². The van der Waals surface area contributed by atoms with Crippen LogP contribution < -0.4 is 10.1 Å². The minimum atomic E-state index is -0.300. The molecule has 1 N–H and O–H groups in total. The molecule has 6 nitrogen and oxygen atoms in total. The zero-order valence-corrected chi connectivity index (χ0v) is 16.4. The lowest BCUT2D eigenvalue weighted by molar-refractivity contribution is -0.139.